The maximum absolute atomic E-state index is 12.1. The van der Waals surface area contributed by atoms with Crippen molar-refractivity contribution in [1.29, 1.82) is 0 Å². The zero-order valence-corrected chi connectivity index (χ0v) is 13.1. The fraction of sp³-hybridized carbons (Fsp3) is 0.176. The number of esters is 1. The number of aromatic carboxylic acids is 1. The number of methoxy groups -OCH3 is 1. The maximum Gasteiger partial charge on any atom is 0.341 e. The van der Waals surface area contributed by atoms with Crippen molar-refractivity contribution in [2.75, 3.05) is 7.11 Å². The van der Waals surface area contributed by atoms with E-state index in [-0.39, 0.29) is 39.0 Å². The number of hydrogen-bond acceptors (Lipinski definition) is 6. The van der Waals surface area contributed by atoms with Gasteiger partial charge in [0.2, 0.25) is 0 Å². The predicted molar refractivity (Wildman–Crippen MR) is 84.8 cm³/mol. The van der Waals surface area contributed by atoms with E-state index in [4.69, 9.17) is 9.15 Å². The van der Waals surface area contributed by atoms with Crippen LogP contribution >= 0.6 is 0 Å². The molecule has 0 atom stereocenters. The molecule has 124 valence electrons. The van der Waals surface area contributed by atoms with Crippen LogP contribution in [0.1, 0.15) is 31.8 Å². The summed E-state index contributed by atoms with van der Waals surface area (Å²) in [6.07, 6.45) is 0. The van der Waals surface area contributed by atoms with Crippen LogP contribution in [0.2, 0.25) is 0 Å². The van der Waals surface area contributed by atoms with Gasteiger partial charge < -0.3 is 24.5 Å². The Morgan fingerprint density at radius 2 is 1.71 bits per heavy atom. The Balaban J connectivity index is 2.59. The number of carbonyl (C=O) groups is 2. The van der Waals surface area contributed by atoms with Crippen molar-refractivity contribution in [3.05, 3.63) is 34.4 Å². The van der Waals surface area contributed by atoms with Gasteiger partial charge in [-0.3, -0.25) is 0 Å². The molecular formula is C17H14O7. The minimum Gasteiger partial charge on any atom is -0.507 e. The Labute approximate surface area is 135 Å². The summed E-state index contributed by atoms with van der Waals surface area (Å²) in [7, 11) is 1.22. The summed E-state index contributed by atoms with van der Waals surface area (Å²) in [4.78, 5) is 23.4. The topological polar surface area (TPSA) is 117 Å². The minimum atomic E-state index is -1.30. The molecule has 24 heavy (non-hydrogen) atoms. The minimum absolute atomic E-state index is 0.0828. The normalized spacial score (nSPS) is 11.1. The second kappa shape index (κ2) is 5.16. The van der Waals surface area contributed by atoms with Crippen LogP contribution in [0.4, 0.5) is 0 Å². The number of phenols is 2. The van der Waals surface area contributed by atoms with Crippen molar-refractivity contribution in [3.63, 3.8) is 0 Å². The molecule has 2 aromatic carbocycles. The van der Waals surface area contributed by atoms with Crippen LogP contribution in [-0.2, 0) is 4.74 Å². The molecule has 0 saturated carbocycles. The summed E-state index contributed by atoms with van der Waals surface area (Å²) >= 11 is 0. The SMILES string of the molecule is COC(=O)c1c(C)cc(O)c2c1oc1cc(O)c(C(=O)O)c(C)c12. The first-order chi connectivity index (χ1) is 11.3. The Kier molecular flexibility index (Phi) is 3.37. The van der Waals surface area contributed by atoms with Gasteiger partial charge in [0.15, 0.2) is 5.58 Å². The average molecular weight is 330 g/mol. The number of carbonyl (C=O) groups excluding carboxylic acids is 1. The summed E-state index contributed by atoms with van der Waals surface area (Å²) < 4.78 is 10.4. The van der Waals surface area contributed by atoms with Gasteiger partial charge >= 0.3 is 11.9 Å². The van der Waals surface area contributed by atoms with Crippen LogP contribution < -0.4 is 0 Å². The van der Waals surface area contributed by atoms with E-state index in [0.717, 1.165) is 6.07 Å². The molecule has 7 heteroatoms. The number of carboxylic acids is 1. The fourth-order valence-corrected chi connectivity index (χ4v) is 3.01. The number of hydrogen-bond donors (Lipinski definition) is 3. The highest BCUT2D eigenvalue weighted by atomic mass is 16.5. The summed E-state index contributed by atoms with van der Waals surface area (Å²) in [5.74, 6) is -2.56. The van der Waals surface area contributed by atoms with Crippen LogP contribution in [0.25, 0.3) is 21.9 Å². The van der Waals surface area contributed by atoms with Gasteiger partial charge in [-0.25, -0.2) is 9.59 Å². The van der Waals surface area contributed by atoms with Crippen molar-refractivity contribution < 1.29 is 34.1 Å². The van der Waals surface area contributed by atoms with E-state index in [2.05, 4.69) is 0 Å². The molecule has 7 nitrogen and oxygen atoms in total. The van der Waals surface area contributed by atoms with E-state index >= 15 is 0 Å². The molecule has 0 radical (unpaired) electrons. The predicted octanol–water partition coefficient (Wildman–Crippen LogP) is 3.10. The van der Waals surface area contributed by atoms with Crippen molar-refractivity contribution in [1.82, 2.24) is 0 Å². The van der Waals surface area contributed by atoms with Gasteiger partial charge in [0, 0.05) is 11.5 Å². The molecule has 0 aliphatic carbocycles. The molecule has 0 saturated heterocycles. The number of phenolic OH excluding ortho intramolecular Hbond substituents is 1. The third-order valence-electron chi connectivity index (χ3n) is 4.04. The van der Waals surface area contributed by atoms with E-state index in [0.29, 0.717) is 10.9 Å². The largest absolute Gasteiger partial charge is 0.507 e. The third-order valence-corrected chi connectivity index (χ3v) is 4.04. The Bertz CT molecular complexity index is 1030. The number of carboxylic acid groups (broad SMARTS) is 1. The molecule has 0 bridgehead atoms. The molecule has 0 amide bonds. The van der Waals surface area contributed by atoms with Crippen LogP contribution in [0.5, 0.6) is 11.5 Å². The van der Waals surface area contributed by atoms with Crippen LogP contribution in [0.3, 0.4) is 0 Å². The lowest BCUT2D eigenvalue weighted by molar-refractivity contribution is 0.0600. The van der Waals surface area contributed by atoms with Crippen molar-refractivity contribution in [3.8, 4) is 11.5 Å². The summed E-state index contributed by atoms with van der Waals surface area (Å²) in [6, 6.07) is 2.54. The average Bonchev–Trinajstić information content (AvgIpc) is 2.85. The molecule has 0 unspecified atom stereocenters. The van der Waals surface area contributed by atoms with Crippen molar-refractivity contribution in [2.24, 2.45) is 0 Å². The van der Waals surface area contributed by atoms with Gasteiger partial charge in [0.25, 0.3) is 0 Å². The molecule has 3 rings (SSSR count). The van der Waals surface area contributed by atoms with Crippen LogP contribution in [0.15, 0.2) is 16.5 Å². The van der Waals surface area contributed by atoms with Gasteiger partial charge in [0.05, 0.1) is 12.5 Å². The molecule has 0 spiro atoms. The highest BCUT2D eigenvalue weighted by Gasteiger charge is 2.26. The van der Waals surface area contributed by atoms with Gasteiger partial charge in [-0.1, -0.05) is 0 Å². The first-order valence-electron chi connectivity index (χ1n) is 7.00. The van der Waals surface area contributed by atoms with Crippen LogP contribution in [-0.4, -0.2) is 34.4 Å². The molecule has 0 fully saturated rings. The monoisotopic (exact) mass is 330 g/mol. The van der Waals surface area contributed by atoms with Gasteiger partial charge in [0.1, 0.15) is 28.2 Å². The van der Waals surface area contributed by atoms with E-state index in [1.54, 1.807) is 6.92 Å². The lowest BCUT2D eigenvalue weighted by Crippen LogP contribution is -2.04. The Hall–Kier alpha value is -3.22. The first kappa shape index (κ1) is 15.7. The maximum atomic E-state index is 12.1. The standard InChI is InChI=1S/C17H14O7/c1-6-4-8(18)14-13-7(2)12(16(20)21)9(19)5-10(13)24-15(14)11(6)17(22)23-3/h4-5,18-19H,1-3H3,(H,20,21). The zero-order valence-electron chi connectivity index (χ0n) is 13.1. The second-order valence-electron chi connectivity index (χ2n) is 5.46. The molecule has 0 aliphatic rings. The Morgan fingerprint density at radius 3 is 2.29 bits per heavy atom. The lowest BCUT2D eigenvalue weighted by Gasteiger charge is -2.07. The van der Waals surface area contributed by atoms with Gasteiger partial charge in [-0.05, 0) is 31.0 Å². The number of benzene rings is 2. The van der Waals surface area contributed by atoms with E-state index < -0.39 is 17.7 Å². The fourth-order valence-electron chi connectivity index (χ4n) is 3.01. The van der Waals surface area contributed by atoms with E-state index in [9.17, 15) is 24.9 Å². The van der Waals surface area contributed by atoms with E-state index in [1.807, 2.05) is 0 Å². The molecule has 3 aromatic rings. The van der Waals surface area contributed by atoms with Gasteiger partial charge in [-0.2, -0.15) is 0 Å². The zero-order chi connectivity index (χ0) is 17.8. The van der Waals surface area contributed by atoms with E-state index in [1.165, 1.54) is 20.1 Å². The van der Waals surface area contributed by atoms with Crippen LogP contribution in [0, 0.1) is 13.8 Å². The summed E-state index contributed by atoms with van der Waals surface area (Å²) in [6.45, 7) is 3.11. The number of furan rings is 1. The number of fused-ring (bicyclic) bond motifs is 3. The number of rotatable bonds is 2. The lowest BCUT2D eigenvalue weighted by atomic mass is 9.98. The molecule has 1 heterocycles. The number of aromatic hydroxyl groups is 2. The first-order valence-corrected chi connectivity index (χ1v) is 7.00. The van der Waals surface area contributed by atoms with Crippen molar-refractivity contribution >= 4 is 33.9 Å². The quantitative estimate of drug-likeness (QED) is 0.618. The summed E-state index contributed by atoms with van der Waals surface area (Å²) in [5, 5.41) is 30.1. The molecule has 1 aromatic heterocycles. The smallest absolute Gasteiger partial charge is 0.341 e. The highest BCUT2D eigenvalue weighted by molar-refractivity contribution is 6.18. The molecular weight excluding hydrogens is 316 g/mol. The number of aryl methyl sites for hydroxylation is 2. The second-order valence-corrected chi connectivity index (χ2v) is 5.46. The molecule has 0 aliphatic heterocycles. The number of ether oxygens (including phenoxy) is 1. The summed E-state index contributed by atoms with van der Waals surface area (Å²) in [5.41, 5.74) is 0.773. The molecule has 3 N–H and O–H groups in total. The highest BCUT2D eigenvalue weighted by Crippen LogP contribution is 2.42. The Morgan fingerprint density at radius 1 is 1.04 bits per heavy atom. The third kappa shape index (κ3) is 1.98. The van der Waals surface area contributed by atoms with Gasteiger partial charge in [-0.15, -0.1) is 0 Å². The van der Waals surface area contributed by atoms with Crippen molar-refractivity contribution in [2.45, 2.75) is 13.8 Å².